The Hall–Kier alpha value is -2.34. The first-order valence-electron chi connectivity index (χ1n) is 10.1. The number of likely N-dealkylation sites (tertiary alicyclic amines) is 1. The number of alkyl halides is 3. The molecule has 2 aromatic carbocycles. The Labute approximate surface area is 169 Å². The van der Waals surface area contributed by atoms with Gasteiger partial charge >= 0.3 is 6.18 Å². The van der Waals surface area contributed by atoms with E-state index in [9.17, 15) is 18.0 Å². The minimum absolute atomic E-state index is 0.207. The molecule has 0 amide bonds. The summed E-state index contributed by atoms with van der Waals surface area (Å²) in [5, 5.41) is 3.46. The average molecular weight is 404 g/mol. The van der Waals surface area contributed by atoms with E-state index in [1.807, 2.05) is 37.3 Å². The number of carbonyl (C=O) groups is 1. The molecule has 156 valence electrons. The molecule has 0 spiro atoms. The number of nitrogens with zero attached hydrogens (tertiary/aromatic N) is 1. The molecule has 1 saturated heterocycles. The van der Waals surface area contributed by atoms with E-state index in [0.29, 0.717) is 37.8 Å². The smallest absolute Gasteiger partial charge is 0.373 e. The normalized spacial score (nSPS) is 17.1. The van der Waals surface area contributed by atoms with E-state index in [0.717, 1.165) is 24.8 Å². The first-order valence-corrected chi connectivity index (χ1v) is 10.1. The minimum atomic E-state index is -4.32. The molecular weight excluding hydrogens is 377 g/mol. The molecule has 1 N–H and O–H groups in total. The van der Waals surface area contributed by atoms with Crippen molar-refractivity contribution in [1.82, 2.24) is 4.90 Å². The van der Waals surface area contributed by atoms with Crippen molar-refractivity contribution in [1.29, 1.82) is 0 Å². The standard InChI is InChI=1S/C23H27F3N2O/c1-2-21(29)22(27-20-9-4-3-5-10-20)12-15-28(16-13-22)14-11-18-7-6-8-19(17-18)23(24,25)26/h3-10,17,27H,2,11-16H2,1H3. The number of ketones is 1. The molecule has 3 rings (SSSR count). The number of piperidine rings is 1. The molecule has 1 fully saturated rings. The maximum atomic E-state index is 12.9. The SMILES string of the molecule is CCC(=O)C1(Nc2ccccc2)CCN(CCc2cccc(C(F)(F)F)c2)CC1. The zero-order valence-corrected chi connectivity index (χ0v) is 16.6. The molecule has 0 aromatic heterocycles. The number of benzene rings is 2. The summed E-state index contributed by atoms with van der Waals surface area (Å²) in [6.07, 6.45) is -1.90. The van der Waals surface area contributed by atoms with Crippen molar-refractivity contribution in [2.45, 2.75) is 44.3 Å². The fraction of sp³-hybridized carbons (Fsp3) is 0.435. The van der Waals surface area contributed by atoms with Gasteiger partial charge in [0.2, 0.25) is 0 Å². The lowest BCUT2D eigenvalue weighted by Crippen LogP contribution is -2.54. The van der Waals surface area contributed by atoms with Crippen LogP contribution in [0.5, 0.6) is 0 Å². The van der Waals surface area contributed by atoms with Crippen LogP contribution in [0.15, 0.2) is 54.6 Å². The highest BCUT2D eigenvalue weighted by Crippen LogP contribution is 2.31. The topological polar surface area (TPSA) is 32.3 Å². The van der Waals surface area contributed by atoms with Crippen LogP contribution in [0.3, 0.4) is 0 Å². The number of hydrogen-bond donors (Lipinski definition) is 1. The zero-order valence-electron chi connectivity index (χ0n) is 16.6. The molecule has 29 heavy (non-hydrogen) atoms. The third kappa shape index (κ3) is 5.38. The van der Waals surface area contributed by atoms with E-state index < -0.39 is 17.3 Å². The molecule has 1 heterocycles. The van der Waals surface area contributed by atoms with Crippen LogP contribution in [0.1, 0.15) is 37.3 Å². The first-order chi connectivity index (χ1) is 13.8. The number of halogens is 3. The van der Waals surface area contributed by atoms with Crippen LogP contribution in [0, 0.1) is 0 Å². The molecule has 0 atom stereocenters. The summed E-state index contributed by atoms with van der Waals surface area (Å²) in [6.45, 7) is 4.05. The monoisotopic (exact) mass is 404 g/mol. The summed E-state index contributed by atoms with van der Waals surface area (Å²) >= 11 is 0. The highest BCUT2D eigenvalue weighted by molar-refractivity contribution is 5.91. The van der Waals surface area contributed by atoms with Gasteiger partial charge in [0.25, 0.3) is 0 Å². The van der Waals surface area contributed by atoms with Crippen molar-refractivity contribution in [2.75, 3.05) is 25.0 Å². The van der Waals surface area contributed by atoms with Crippen molar-refractivity contribution in [3.8, 4) is 0 Å². The van der Waals surface area contributed by atoms with Crippen molar-refractivity contribution >= 4 is 11.5 Å². The van der Waals surface area contributed by atoms with E-state index in [1.165, 1.54) is 12.1 Å². The van der Waals surface area contributed by atoms with Crippen molar-refractivity contribution in [3.63, 3.8) is 0 Å². The van der Waals surface area contributed by atoms with E-state index in [4.69, 9.17) is 0 Å². The molecule has 2 aromatic rings. The summed E-state index contributed by atoms with van der Waals surface area (Å²) in [7, 11) is 0. The van der Waals surface area contributed by atoms with E-state index >= 15 is 0 Å². The van der Waals surface area contributed by atoms with Gasteiger partial charge in [-0.05, 0) is 43.0 Å². The van der Waals surface area contributed by atoms with Gasteiger partial charge in [0.1, 0.15) is 0 Å². The van der Waals surface area contributed by atoms with Crippen LogP contribution in [0.25, 0.3) is 0 Å². The molecule has 1 aliphatic heterocycles. The van der Waals surface area contributed by atoms with Gasteiger partial charge in [-0.25, -0.2) is 0 Å². The molecule has 0 unspecified atom stereocenters. The minimum Gasteiger partial charge on any atom is -0.373 e. The molecular formula is C23H27F3N2O. The maximum Gasteiger partial charge on any atom is 0.416 e. The molecule has 0 saturated carbocycles. The third-order valence-electron chi connectivity index (χ3n) is 5.69. The van der Waals surface area contributed by atoms with Gasteiger partial charge < -0.3 is 10.2 Å². The van der Waals surface area contributed by atoms with E-state index in [-0.39, 0.29) is 5.78 Å². The Morgan fingerprint density at radius 3 is 2.38 bits per heavy atom. The second kappa shape index (κ2) is 8.99. The van der Waals surface area contributed by atoms with Crippen molar-refractivity contribution in [2.24, 2.45) is 0 Å². The number of nitrogens with one attached hydrogen (secondary N) is 1. The molecule has 1 aliphatic rings. The molecule has 0 aliphatic carbocycles. The van der Waals surface area contributed by atoms with Crippen molar-refractivity contribution < 1.29 is 18.0 Å². The van der Waals surface area contributed by atoms with Gasteiger partial charge in [-0.15, -0.1) is 0 Å². The Bertz CT molecular complexity index is 812. The Morgan fingerprint density at radius 2 is 1.76 bits per heavy atom. The van der Waals surface area contributed by atoms with Gasteiger partial charge in [-0.3, -0.25) is 4.79 Å². The lowest BCUT2D eigenvalue weighted by Gasteiger charge is -2.42. The Kier molecular flexibility index (Phi) is 6.63. The van der Waals surface area contributed by atoms with Gasteiger partial charge in [0.05, 0.1) is 11.1 Å². The van der Waals surface area contributed by atoms with Gasteiger partial charge in [0.15, 0.2) is 5.78 Å². The lowest BCUT2D eigenvalue weighted by atomic mass is 9.82. The molecule has 6 heteroatoms. The van der Waals surface area contributed by atoms with Crippen LogP contribution in [-0.4, -0.2) is 35.9 Å². The number of hydrogen-bond acceptors (Lipinski definition) is 3. The summed E-state index contributed by atoms with van der Waals surface area (Å²) in [4.78, 5) is 15.0. The predicted octanol–water partition coefficient (Wildman–Crippen LogP) is 5.17. The van der Waals surface area contributed by atoms with Crippen LogP contribution in [0.4, 0.5) is 18.9 Å². The highest BCUT2D eigenvalue weighted by atomic mass is 19.4. The first kappa shape index (κ1) is 21.4. The second-order valence-electron chi connectivity index (χ2n) is 7.64. The average Bonchev–Trinajstić information content (AvgIpc) is 2.73. The highest BCUT2D eigenvalue weighted by Gasteiger charge is 2.40. The molecule has 0 bridgehead atoms. The van der Waals surface area contributed by atoms with E-state index in [1.54, 1.807) is 6.07 Å². The summed E-state index contributed by atoms with van der Waals surface area (Å²) in [5.74, 6) is 0.207. The number of Topliss-reactive ketones (excluding diaryl/α,β-unsaturated/α-hetero) is 1. The summed E-state index contributed by atoms with van der Waals surface area (Å²) < 4.78 is 38.7. The molecule has 3 nitrogen and oxygen atoms in total. The fourth-order valence-electron chi connectivity index (χ4n) is 3.96. The van der Waals surface area contributed by atoms with Crippen LogP contribution >= 0.6 is 0 Å². The fourth-order valence-corrected chi connectivity index (χ4v) is 3.96. The number of para-hydroxylation sites is 1. The summed E-state index contributed by atoms with van der Waals surface area (Å²) in [5.41, 5.74) is 0.451. The maximum absolute atomic E-state index is 12.9. The number of rotatable bonds is 7. The lowest BCUT2D eigenvalue weighted by molar-refractivity contribution is -0.137. The largest absolute Gasteiger partial charge is 0.416 e. The van der Waals surface area contributed by atoms with E-state index in [2.05, 4.69) is 10.2 Å². The Morgan fingerprint density at radius 1 is 1.07 bits per heavy atom. The van der Waals surface area contributed by atoms with Crippen LogP contribution in [0.2, 0.25) is 0 Å². The van der Waals surface area contributed by atoms with Gasteiger partial charge in [-0.2, -0.15) is 13.2 Å². The second-order valence-corrected chi connectivity index (χ2v) is 7.64. The zero-order chi connectivity index (χ0) is 20.9. The van der Waals surface area contributed by atoms with Crippen molar-refractivity contribution in [3.05, 3.63) is 65.7 Å². The Balaban J connectivity index is 1.60. The van der Waals surface area contributed by atoms with Gasteiger partial charge in [0, 0.05) is 31.7 Å². The quantitative estimate of drug-likeness (QED) is 0.691. The number of carbonyl (C=O) groups excluding carboxylic acids is 1. The molecule has 0 radical (unpaired) electrons. The van der Waals surface area contributed by atoms with Gasteiger partial charge in [-0.1, -0.05) is 43.3 Å². The van der Waals surface area contributed by atoms with Crippen LogP contribution < -0.4 is 5.32 Å². The predicted molar refractivity (Wildman–Crippen MR) is 109 cm³/mol. The van der Waals surface area contributed by atoms with Crippen LogP contribution in [-0.2, 0) is 17.4 Å². The summed E-state index contributed by atoms with van der Waals surface area (Å²) in [6, 6.07) is 15.3. The number of anilines is 1. The third-order valence-corrected chi connectivity index (χ3v) is 5.69.